The van der Waals surface area contributed by atoms with Crippen molar-refractivity contribution in [3.8, 4) is 0 Å². The molecule has 0 saturated heterocycles. The maximum atomic E-state index is 5.40. The summed E-state index contributed by atoms with van der Waals surface area (Å²) in [4.78, 5) is 0.458. The number of thiocarbonyl (C=S) groups is 1. The van der Waals surface area contributed by atoms with E-state index in [0.29, 0.717) is 4.99 Å². The highest BCUT2D eigenvalue weighted by molar-refractivity contribution is 7.80. The van der Waals surface area contributed by atoms with Crippen LogP contribution in [0.3, 0.4) is 0 Å². The lowest BCUT2D eigenvalue weighted by atomic mass is 10.1. The lowest BCUT2D eigenvalue weighted by Crippen LogP contribution is -2.08. The highest BCUT2D eigenvalue weighted by Gasteiger charge is 1.92. The van der Waals surface area contributed by atoms with E-state index in [1.807, 2.05) is 45.0 Å². The van der Waals surface area contributed by atoms with E-state index in [0.717, 1.165) is 5.56 Å². The monoisotopic (exact) mass is 181 g/mol. The van der Waals surface area contributed by atoms with E-state index in [1.165, 1.54) is 5.56 Å². The van der Waals surface area contributed by atoms with Gasteiger partial charge in [0.05, 0.1) is 0 Å². The number of hydrogen-bond donors (Lipinski definition) is 1. The Hall–Kier alpha value is -0.890. The number of aryl methyl sites for hydroxylation is 1. The van der Waals surface area contributed by atoms with Crippen LogP contribution in [0.5, 0.6) is 0 Å². The Balaban J connectivity index is 0.000000561. The molecule has 0 spiro atoms. The molecule has 0 amide bonds. The Morgan fingerprint density at radius 2 is 1.58 bits per heavy atom. The summed E-state index contributed by atoms with van der Waals surface area (Å²) >= 11 is 4.78. The lowest BCUT2D eigenvalue weighted by molar-refractivity contribution is 1.46. The maximum Gasteiger partial charge on any atom is 0.103 e. The number of benzene rings is 1. The Bertz CT molecular complexity index is 239. The molecular formula is C10H15NS. The van der Waals surface area contributed by atoms with Crippen LogP contribution < -0.4 is 5.73 Å². The summed E-state index contributed by atoms with van der Waals surface area (Å²) < 4.78 is 0. The molecule has 1 nitrogen and oxygen atoms in total. The standard InChI is InChI=1S/C8H9NS.C2H6/c1-6-2-4-7(5-3-6)8(9)10;1-2/h2-5H,1H3,(H2,9,10);1-2H3. The minimum Gasteiger partial charge on any atom is -0.389 e. The van der Waals surface area contributed by atoms with E-state index >= 15 is 0 Å². The Morgan fingerprint density at radius 1 is 1.17 bits per heavy atom. The van der Waals surface area contributed by atoms with Crippen LogP contribution in [0.2, 0.25) is 0 Å². The maximum absolute atomic E-state index is 5.40. The number of nitrogens with two attached hydrogens (primary N) is 1. The van der Waals surface area contributed by atoms with E-state index < -0.39 is 0 Å². The van der Waals surface area contributed by atoms with Gasteiger partial charge in [-0.1, -0.05) is 55.9 Å². The van der Waals surface area contributed by atoms with Crippen LogP contribution in [0.4, 0.5) is 0 Å². The predicted molar refractivity (Wildman–Crippen MR) is 58.4 cm³/mol. The van der Waals surface area contributed by atoms with Gasteiger partial charge in [-0.2, -0.15) is 0 Å². The van der Waals surface area contributed by atoms with Crippen LogP contribution in [-0.4, -0.2) is 4.99 Å². The second kappa shape index (κ2) is 5.72. The minimum atomic E-state index is 0.458. The molecule has 1 rings (SSSR count). The summed E-state index contributed by atoms with van der Waals surface area (Å²) in [5.41, 5.74) is 7.55. The van der Waals surface area contributed by atoms with Crippen molar-refractivity contribution in [2.24, 2.45) is 5.73 Å². The Kier molecular flexibility index (Phi) is 5.30. The third-order valence-electron chi connectivity index (χ3n) is 1.34. The first-order valence-corrected chi connectivity index (χ1v) is 4.47. The SMILES string of the molecule is CC.Cc1ccc(C(N)=S)cc1. The van der Waals surface area contributed by atoms with Gasteiger partial charge in [-0.25, -0.2) is 0 Å². The van der Waals surface area contributed by atoms with Gasteiger partial charge in [0.2, 0.25) is 0 Å². The molecule has 1 aromatic rings. The van der Waals surface area contributed by atoms with E-state index in [9.17, 15) is 0 Å². The zero-order valence-corrected chi connectivity index (χ0v) is 8.61. The van der Waals surface area contributed by atoms with Crippen LogP contribution in [0, 0.1) is 6.92 Å². The molecule has 0 heterocycles. The normalized spacial score (nSPS) is 8.25. The molecule has 12 heavy (non-hydrogen) atoms. The van der Waals surface area contributed by atoms with Gasteiger partial charge < -0.3 is 5.73 Å². The van der Waals surface area contributed by atoms with Crippen molar-refractivity contribution in [1.82, 2.24) is 0 Å². The van der Waals surface area contributed by atoms with Crippen LogP contribution in [0.1, 0.15) is 25.0 Å². The molecule has 1 aromatic carbocycles. The van der Waals surface area contributed by atoms with Gasteiger partial charge in [0.1, 0.15) is 4.99 Å². The Morgan fingerprint density at radius 3 is 1.92 bits per heavy atom. The Labute approximate surface area is 79.6 Å². The second-order valence-electron chi connectivity index (χ2n) is 2.23. The largest absolute Gasteiger partial charge is 0.389 e. The molecule has 0 unspecified atom stereocenters. The van der Waals surface area contributed by atoms with Gasteiger partial charge in [-0.05, 0) is 6.92 Å². The molecule has 0 aromatic heterocycles. The summed E-state index contributed by atoms with van der Waals surface area (Å²) in [5.74, 6) is 0. The fourth-order valence-corrected chi connectivity index (χ4v) is 0.854. The van der Waals surface area contributed by atoms with Gasteiger partial charge in [-0.15, -0.1) is 0 Å². The smallest absolute Gasteiger partial charge is 0.103 e. The minimum absolute atomic E-state index is 0.458. The molecule has 0 bridgehead atoms. The molecule has 66 valence electrons. The molecule has 0 radical (unpaired) electrons. The van der Waals surface area contributed by atoms with Crippen molar-refractivity contribution in [2.75, 3.05) is 0 Å². The summed E-state index contributed by atoms with van der Waals surface area (Å²) in [6, 6.07) is 7.85. The predicted octanol–water partition coefficient (Wildman–Crippen LogP) is 2.66. The highest BCUT2D eigenvalue weighted by atomic mass is 32.1. The lowest BCUT2D eigenvalue weighted by Gasteiger charge is -1.96. The molecule has 0 saturated carbocycles. The summed E-state index contributed by atoms with van der Waals surface area (Å²) in [7, 11) is 0. The summed E-state index contributed by atoms with van der Waals surface area (Å²) in [5, 5.41) is 0. The molecule has 0 aliphatic carbocycles. The van der Waals surface area contributed by atoms with E-state index in [-0.39, 0.29) is 0 Å². The molecule has 0 atom stereocenters. The van der Waals surface area contributed by atoms with Gasteiger partial charge in [0.15, 0.2) is 0 Å². The average Bonchev–Trinajstić information content (AvgIpc) is 2.09. The quantitative estimate of drug-likeness (QED) is 0.674. The van der Waals surface area contributed by atoms with Gasteiger partial charge >= 0.3 is 0 Å². The molecule has 0 aliphatic rings. The van der Waals surface area contributed by atoms with E-state index in [1.54, 1.807) is 0 Å². The molecular weight excluding hydrogens is 166 g/mol. The first-order valence-electron chi connectivity index (χ1n) is 4.06. The molecule has 2 N–H and O–H groups in total. The van der Waals surface area contributed by atoms with Crippen LogP contribution in [0.15, 0.2) is 24.3 Å². The average molecular weight is 181 g/mol. The van der Waals surface area contributed by atoms with Crippen molar-refractivity contribution >= 4 is 17.2 Å². The van der Waals surface area contributed by atoms with Crippen molar-refractivity contribution in [1.29, 1.82) is 0 Å². The van der Waals surface area contributed by atoms with Crippen molar-refractivity contribution in [3.05, 3.63) is 35.4 Å². The first-order chi connectivity index (χ1) is 5.70. The number of hydrogen-bond acceptors (Lipinski definition) is 1. The fourth-order valence-electron chi connectivity index (χ4n) is 0.718. The summed E-state index contributed by atoms with van der Waals surface area (Å²) in [6.45, 7) is 6.03. The third kappa shape index (κ3) is 3.49. The highest BCUT2D eigenvalue weighted by Crippen LogP contribution is 2.01. The molecule has 2 heteroatoms. The van der Waals surface area contributed by atoms with Gasteiger partial charge in [-0.3, -0.25) is 0 Å². The van der Waals surface area contributed by atoms with Crippen LogP contribution in [-0.2, 0) is 0 Å². The van der Waals surface area contributed by atoms with Gasteiger partial charge in [0, 0.05) is 5.56 Å². The molecule has 0 aliphatic heterocycles. The van der Waals surface area contributed by atoms with Crippen molar-refractivity contribution in [3.63, 3.8) is 0 Å². The number of rotatable bonds is 1. The van der Waals surface area contributed by atoms with Crippen LogP contribution in [0.25, 0.3) is 0 Å². The topological polar surface area (TPSA) is 26.0 Å². The van der Waals surface area contributed by atoms with Gasteiger partial charge in [0.25, 0.3) is 0 Å². The van der Waals surface area contributed by atoms with E-state index in [4.69, 9.17) is 18.0 Å². The third-order valence-corrected chi connectivity index (χ3v) is 1.57. The van der Waals surface area contributed by atoms with Crippen molar-refractivity contribution < 1.29 is 0 Å². The zero-order valence-electron chi connectivity index (χ0n) is 7.79. The van der Waals surface area contributed by atoms with Crippen molar-refractivity contribution in [2.45, 2.75) is 20.8 Å². The second-order valence-corrected chi connectivity index (χ2v) is 2.67. The van der Waals surface area contributed by atoms with E-state index in [2.05, 4.69) is 0 Å². The molecule has 0 fully saturated rings. The summed E-state index contributed by atoms with van der Waals surface area (Å²) in [6.07, 6.45) is 0. The van der Waals surface area contributed by atoms with Crippen LogP contribution >= 0.6 is 12.2 Å². The fraction of sp³-hybridized carbons (Fsp3) is 0.300. The first kappa shape index (κ1) is 11.1. The zero-order chi connectivity index (χ0) is 9.56.